The molecule has 0 saturated carbocycles. The number of rotatable bonds is 6. The SMILES string of the molecule is CCN(Cc1ccc(C(=O)N2CCOCC2)cc1)S(=O)(=O)c1ccc(C)cc1. The highest BCUT2D eigenvalue weighted by Crippen LogP contribution is 2.19. The summed E-state index contributed by atoms with van der Waals surface area (Å²) in [7, 11) is -3.57. The Balaban J connectivity index is 1.72. The Morgan fingerprint density at radius 1 is 1.04 bits per heavy atom. The van der Waals surface area contributed by atoms with E-state index in [2.05, 4.69) is 0 Å². The summed E-state index contributed by atoms with van der Waals surface area (Å²) in [6, 6.07) is 14.0. The minimum absolute atomic E-state index is 0.0190. The third-order valence-electron chi connectivity index (χ3n) is 4.87. The first-order chi connectivity index (χ1) is 13.4. The summed E-state index contributed by atoms with van der Waals surface area (Å²) in [6.07, 6.45) is 0. The van der Waals surface area contributed by atoms with Crippen LogP contribution in [0.4, 0.5) is 0 Å². The Morgan fingerprint density at radius 2 is 1.64 bits per heavy atom. The largest absolute Gasteiger partial charge is 0.378 e. The van der Waals surface area contributed by atoms with E-state index in [9.17, 15) is 13.2 Å². The standard InChI is InChI=1S/C21H26N2O4S/c1-3-23(28(25,26)20-10-4-17(2)5-11-20)16-18-6-8-19(9-7-18)21(24)22-12-14-27-15-13-22/h4-11H,3,12-16H2,1-2H3. The number of carbonyl (C=O) groups excluding carboxylic acids is 1. The first-order valence-corrected chi connectivity index (χ1v) is 10.9. The maximum Gasteiger partial charge on any atom is 0.254 e. The third kappa shape index (κ3) is 4.60. The molecule has 0 unspecified atom stereocenters. The summed E-state index contributed by atoms with van der Waals surface area (Å²) in [4.78, 5) is 14.6. The zero-order valence-electron chi connectivity index (χ0n) is 16.3. The van der Waals surface area contributed by atoms with Gasteiger partial charge in [-0.3, -0.25) is 4.79 Å². The summed E-state index contributed by atoms with van der Waals surface area (Å²) in [5.74, 6) is -0.0190. The number of nitrogens with zero attached hydrogens (tertiary/aromatic N) is 2. The molecule has 0 aromatic heterocycles. The fourth-order valence-corrected chi connectivity index (χ4v) is 4.57. The molecule has 7 heteroatoms. The van der Waals surface area contributed by atoms with Crippen molar-refractivity contribution >= 4 is 15.9 Å². The molecular weight excluding hydrogens is 376 g/mol. The molecule has 1 aliphatic rings. The number of aryl methyl sites for hydroxylation is 1. The number of sulfonamides is 1. The lowest BCUT2D eigenvalue weighted by Gasteiger charge is -2.27. The predicted octanol–water partition coefficient (Wildman–Crippen LogP) is 2.68. The maximum absolute atomic E-state index is 12.9. The first-order valence-electron chi connectivity index (χ1n) is 9.44. The normalized spacial score (nSPS) is 15.0. The monoisotopic (exact) mass is 402 g/mol. The molecule has 2 aromatic rings. The van der Waals surface area contributed by atoms with Gasteiger partial charge < -0.3 is 9.64 Å². The highest BCUT2D eigenvalue weighted by molar-refractivity contribution is 7.89. The molecule has 6 nitrogen and oxygen atoms in total. The average Bonchev–Trinajstić information content (AvgIpc) is 2.72. The van der Waals surface area contributed by atoms with Gasteiger partial charge in [-0.25, -0.2) is 8.42 Å². The summed E-state index contributed by atoms with van der Waals surface area (Å²) in [5.41, 5.74) is 2.47. The molecule has 1 amide bonds. The lowest BCUT2D eigenvalue weighted by Crippen LogP contribution is -2.40. The van der Waals surface area contributed by atoms with Gasteiger partial charge >= 0.3 is 0 Å². The van der Waals surface area contributed by atoms with E-state index in [1.54, 1.807) is 41.3 Å². The second kappa shape index (κ2) is 8.86. The summed E-state index contributed by atoms with van der Waals surface area (Å²) in [5, 5.41) is 0. The molecule has 3 rings (SSSR count). The van der Waals surface area contributed by atoms with Gasteiger partial charge in [-0.1, -0.05) is 36.8 Å². The second-order valence-electron chi connectivity index (χ2n) is 6.85. The minimum Gasteiger partial charge on any atom is -0.378 e. The maximum atomic E-state index is 12.9. The van der Waals surface area contributed by atoms with Crippen molar-refractivity contribution < 1.29 is 17.9 Å². The Hall–Kier alpha value is -2.22. The average molecular weight is 403 g/mol. The number of hydrogen-bond donors (Lipinski definition) is 0. The van der Waals surface area contributed by atoms with Gasteiger partial charge in [0.05, 0.1) is 18.1 Å². The molecule has 150 valence electrons. The molecule has 0 aliphatic carbocycles. The second-order valence-corrected chi connectivity index (χ2v) is 8.78. The predicted molar refractivity (Wildman–Crippen MR) is 108 cm³/mol. The molecule has 0 radical (unpaired) electrons. The van der Waals surface area contributed by atoms with Gasteiger partial charge in [0.15, 0.2) is 0 Å². The van der Waals surface area contributed by atoms with Gasteiger partial charge in [-0.05, 0) is 36.8 Å². The molecule has 1 saturated heterocycles. The van der Waals surface area contributed by atoms with E-state index >= 15 is 0 Å². The van der Waals surface area contributed by atoms with Crippen molar-refractivity contribution in [1.82, 2.24) is 9.21 Å². The van der Waals surface area contributed by atoms with Gasteiger partial charge in [0, 0.05) is 31.7 Å². The van der Waals surface area contributed by atoms with Crippen LogP contribution < -0.4 is 0 Å². The Bertz CT molecular complexity index is 902. The number of morpholine rings is 1. The molecule has 1 fully saturated rings. The summed E-state index contributed by atoms with van der Waals surface area (Å²) < 4.78 is 32.5. The molecular formula is C21H26N2O4S. The van der Waals surface area contributed by atoms with Crippen LogP contribution in [0, 0.1) is 6.92 Å². The van der Waals surface area contributed by atoms with E-state index < -0.39 is 10.0 Å². The Morgan fingerprint density at radius 3 is 2.21 bits per heavy atom. The van der Waals surface area contributed by atoms with Crippen LogP contribution in [0.1, 0.15) is 28.4 Å². The lowest BCUT2D eigenvalue weighted by atomic mass is 10.1. The molecule has 1 heterocycles. The van der Waals surface area contributed by atoms with Crippen molar-refractivity contribution in [3.63, 3.8) is 0 Å². The van der Waals surface area contributed by atoms with E-state index in [0.29, 0.717) is 43.3 Å². The van der Waals surface area contributed by atoms with Crippen LogP contribution in [-0.2, 0) is 21.3 Å². The molecule has 0 N–H and O–H groups in total. The van der Waals surface area contributed by atoms with Crippen LogP contribution in [0.3, 0.4) is 0 Å². The molecule has 28 heavy (non-hydrogen) atoms. The smallest absolute Gasteiger partial charge is 0.254 e. The van der Waals surface area contributed by atoms with Crippen molar-refractivity contribution in [3.8, 4) is 0 Å². The lowest BCUT2D eigenvalue weighted by molar-refractivity contribution is 0.0303. The van der Waals surface area contributed by atoms with Crippen molar-refractivity contribution in [2.45, 2.75) is 25.3 Å². The van der Waals surface area contributed by atoms with Crippen molar-refractivity contribution in [2.24, 2.45) is 0 Å². The van der Waals surface area contributed by atoms with Crippen molar-refractivity contribution in [2.75, 3.05) is 32.8 Å². The van der Waals surface area contributed by atoms with Crippen LogP contribution >= 0.6 is 0 Å². The molecule has 1 aliphatic heterocycles. The van der Waals surface area contributed by atoms with Crippen molar-refractivity contribution in [3.05, 3.63) is 65.2 Å². The zero-order valence-corrected chi connectivity index (χ0v) is 17.1. The van der Waals surface area contributed by atoms with Crippen LogP contribution in [0.15, 0.2) is 53.4 Å². The Labute approximate surface area is 166 Å². The highest BCUT2D eigenvalue weighted by Gasteiger charge is 2.23. The van der Waals surface area contributed by atoms with E-state index in [4.69, 9.17) is 4.74 Å². The molecule has 0 atom stereocenters. The van der Waals surface area contributed by atoms with Crippen LogP contribution in [0.5, 0.6) is 0 Å². The fraction of sp³-hybridized carbons (Fsp3) is 0.381. The van der Waals surface area contributed by atoms with Crippen LogP contribution in [-0.4, -0.2) is 56.4 Å². The van der Waals surface area contributed by atoms with Crippen LogP contribution in [0.2, 0.25) is 0 Å². The molecule has 0 bridgehead atoms. The topological polar surface area (TPSA) is 66.9 Å². The summed E-state index contributed by atoms with van der Waals surface area (Å²) >= 11 is 0. The van der Waals surface area contributed by atoms with Gasteiger partial charge in [0.2, 0.25) is 10.0 Å². The van der Waals surface area contributed by atoms with E-state index in [1.807, 2.05) is 26.0 Å². The third-order valence-corrected chi connectivity index (χ3v) is 6.80. The molecule has 0 spiro atoms. The van der Waals surface area contributed by atoms with Gasteiger partial charge in [-0.2, -0.15) is 4.31 Å². The van der Waals surface area contributed by atoms with E-state index in [-0.39, 0.29) is 12.5 Å². The quantitative estimate of drug-likeness (QED) is 0.745. The minimum atomic E-state index is -3.57. The van der Waals surface area contributed by atoms with E-state index in [1.165, 1.54) is 4.31 Å². The van der Waals surface area contributed by atoms with Gasteiger partial charge in [0.25, 0.3) is 5.91 Å². The first kappa shape index (κ1) is 20.5. The number of hydrogen-bond acceptors (Lipinski definition) is 4. The number of benzene rings is 2. The van der Waals surface area contributed by atoms with Gasteiger partial charge in [-0.15, -0.1) is 0 Å². The Kier molecular flexibility index (Phi) is 6.49. The van der Waals surface area contributed by atoms with Crippen LogP contribution in [0.25, 0.3) is 0 Å². The summed E-state index contributed by atoms with van der Waals surface area (Å²) in [6.45, 7) is 6.69. The molecule has 2 aromatic carbocycles. The number of carbonyl (C=O) groups is 1. The fourth-order valence-electron chi connectivity index (χ4n) is 3.13. The highest BCUT2D eigenvalue weighted by atomic mass is 32.2. The van der Waals surface area contributed by atoms with Gasteiger partial charge in [0.1, 0.15) is 0 Å². The number of amides is 1. The zero-order chi connectivity index (χ0) is 20.1. The number of ether oxygens (including phenoxy) is 1. The van der Waals surface area contributed by atoms with E-state index in [0.717, 1.165) is 11.1 Å². The van der Waals surface area contributed by atoms with Crippen molar-refractivity contribution in [1.29, 1.82) is 0 Å².